The Morgan fingerprint density at radius 3 is 2.44 bits per heavy atom. The maximum atomic E-state index is 13.9. The molecule has 1 saturated carbocycles. The van der Waals surface area contributed by atoms with Gasteiger partial charge in [0.25, 0.3) is 0 Å². The van der Waals surface area contributed by atoms with E-state index in [1.807, 2.05) is 36.4 Å². The van der Waals surface area contributed by atoms with Crippen molar-refractivity contribution in [2.75, 3.05) is 27.2 Å². The van der Waals surface area contributed by atoms with Crippen molar-refractivity contribution in [2.24, 2.45) is 5.41 Å². The number of carbonyl (C=O) groups is 3. The van der Waals surface area contributed by atoms with Gasteiger partial charge in [-0.25, -0.2) is 0 Å². The van der Waals surface area contributed by atoms with Gasteiger partial charge in [-0.15, -0.1) is 0 Å². The largest absolute Gasteiger partial charge is 0.458 e. The molecule has 43 heavy (non-hydrogen) atoms. The predicted molar refractivity (Wildman–Crippen MR) is 152 cm³/mol. The summed E-state index contributed by atoms with van der Waals surface area (Å²) in [6.45, 7) is 0.0325. The summed E-state index contributed by atoms with van der Waals surface area (Å²) < 4.78 is 19.3. The highest BCUT2D eigenvalue weighted by molar-refractivity contribution is 5.93. The molecular formula is C32H35N3O8. The fourth-order valence-corrected chi connectivity index (χ4v) is 7.32. The van der Waals surface area contributed by atoms with Gasteiger partial charge in [0.2, 0.25) is 11.8 Å². The molecule has 3 aliphatic heterocycles. The molecule has 3 saturated heterocycles. The smallest absolute Gasteiger partial charge is 0.327 e. The molecule has 11 nitrogen and oxygen atoms in total. The Bertz CT molecular complexity index is 1450. The number of aliphatic hydroxyl groups is 1. The van der Waals surface area contributed by atoms with Crippen LogP contribution in [0.25, 0.3) is 6.08 Å². The van der Waals surface area contributed by atoms with E-state index in [-0.39, 0.29) is 37.9 Å². The number of esters is 1. The second kappa shape index (κ2) is 10.5. The Morgan fingerprint density at radius 2 is 1.77 bits per heavy atom. The summed E-state index contributed by atoms with van der Waals surface area (Å²) in [5.74, 6) is -1.95. The first-order chi connectivity index (χ1) is 20.7. The van der Waals surface area contributed by atoms with Crippen LogP contribution in [0.2, 0.25) is 0 Å². The number of rotatable bonds is 7. The van der Waals surface area contributed by atoms with Crippen molar-refractivity contribution in [1.82, 2.24) is 15.3 Å². The maximum absolute atomic E-state index is 13.9. The zero-order chi connectivity index (χ0) is 29.9. The zero-order valence-corrected chi connectivity index (χ0v) is 24.1. The van der Waals surface area contributed by atoms with Gasteiger partial charge in [0.05, 0.1) is 13.2 Å². The molecule has 2 amide bonds. The van der Waals surface area contributed by atoms with E-state index in [1.165, 1.54) is 11.0 Å². The third-order valence-corrected chi connectivity index (χ3v) is 9.29. The summed E-state index contributed by atoms with van der Waals surface area (Å²) in [5.41, 5.74) is 2.70. The van der Waals surface area contributed by atoms with Gasteiger partial charge >= 0.3 is 5.97 Å². The Kier molecular flexibility index (Phi) is 6.90. The van der Waals surface area contributed by atoms with Crippen molar-refractivity contribution in [2.45, 2.75) is 62.1 Å². The van der Waals surface area contributed by atoms with Crippen LogP contribution in [-0.2, 0) is 52.8 Å². The molecule has 5 aliphatic rings. The lowest BCUT2D eigenvalue weighted by molar-refractivity contribution is -0.217. The molecule has 0 aromatic heterocycles. The Morgan fingerprint density at radius 1 is 1.07 bits per heavy atom. The number of aliphatic hydroxyl groups excluding tert-OH is 1. The molecule has 2 bridgehead atoms. The Labute approximate surface area is 249 Å². The van der Waals surface area contributed by atoms with Gasteiger partial charge in [0.1, 0.15) is 29.8 Å². The number of likely N-dealkylation sites (N-methyl/N-ethyl adjacent to an activating group) is 1. The summed E-state index contributed by atoms with van der Waals surface area (Å²) in [5, 5.41) is 13.8. The molecular weight excluding hydrogens is 554 g/mol. The van der Waals surface area contributed by atoms with Gasteiger partial charge in [-0.2, -0.15) is 5.06 Å². The van der Waals surface area contributed by atoms with Crippen molar-refractivity contribution in [1.29, 1.82) is 0 Å². The summed E-state index contributed by atoms with van der Waals surface area (Å²) in [6.07, 6.45) is 1.87. The minimum Gasteiger partial charge on any atom is -0.458 e. The van der Waals surface area contributed by atoms with Crippen LogP contribution in [-0.4, -0.2) is 96.3 Å². The summed E-state index contributed by atoms with van der Waals surface area (Å²) >= 11 is 0. The second-order valence-electron chi connectivity index (χ2n) is 12.2. The zero-order valence-electron chi connectivity index (χ0n) is 24.1. The molecule has 2 N–H and O–H groups in total. The molecule has 0 radical (unpaired) electrons. The third kappa shape index (κ3) is 4.58. The number of ether oxygens (including phenoxy) is 3. The van der Waals surface area contributed by atoms with Gasteiger partial charge in [0.15, 0.2) is 11.8 Å². The number of nitrogens with zero attached hydrogens (tertiary/aromatic N) is 2. The van der Waals surface area contributed by atoms with Crippen LogP contribution in [0.15, 0.2) is 54.6 Å². The minimum atomic E-state index is -1.29. The second-order valence-corrected chi connectivity index (χ2v) is 12.2. The lowest BCUT2D eigenvalue weighted by Gasteiger charge is -2.48. The molecule has 2 aromatic carbocycles. The molecule has 3 heterocycles. The number of hydrogen-bond acceptors (Lipinski definition) is 9. The van der Waals surface area contributed by atoms with Gasteiger partial charge in [0, 0.05) is 46.0 Å². The van der Waals surface area contributed by atoms with Crippen LogP contribution in [0.1, 0.15) is 28.7 Å². The lowest BCUT2D eigenvalue weighted by atomic mass is 9.62. The first kappa shape index (κ1) is 28.2. The van der Waals surface area contributed by atoms with E-state index in [0.717, 1.165) is 22.3 Å². The van der Waals surface area contributed by atoms with Crippen molar-refractivity contribution < 1.29 is 38.5 Å². The van der Waals surface area contributed by atoms with Crippen molar-refractivity contribution in [3.05, 3.63) is 76.9 Å². The molecule has 6 atom stereocenters. The van der Waals surface area contributed by atoms with Crippen molar-refractivity contribution >= 4 is 23.9 Å². The molecule has 2 aromatic rings. The molecule has 4 fully saturated rings. The topological polar surface area (TPSA) is 127 Å². The highest BCUT2D eigenvalue weighted by Gasteiger charge is 2.76. The Hall–Kier alpha value is -3.61. The SMILES string of the molecule is CN(C)C(=O)C=Cc1ccc(CN2OC3C4OC5(Cc6ccccc6C5)OC4C4CC3(C(=O)NCCO)C2C(=O)O4)cc1. The first-order valence-corrected chi connectivity index (χ1v) is 14.7. The van der Waals surface area contributed by atoms with E-state index >= 15 is 0 Å². The van der Waals surface area contributed by atoms with Gasteiger partial charge in [-0.1, -0.05) is 48.5 Å². The fourth-order valence-electron chi connectivity index (χ4n) is 7.32. The van der Waals surface area contributed by atoms with E-state index in [0.29, 0.717) is 12.8 Å². The summed E-state index contributed by atoms with van der Waals surface area (Å²) in [4.78, 5) is 47.5. The minimum absolute atomic E-state index is 0.0513. The van der Waals surface area contributed by atoms with E-state index in [2.05, 4.69) is 17.4 Å². The number of carbonyl (C=O) groups excluding carboxylic acids is 3. The highest BCUT2D eigenvalue weighted by atomic mass is 16.8. The van der Waals surface area contributed by atoms with Gasteiger partial charge in [-0.05, 0) is 28.3 Å². The standard InChI is InChI=1S/C32H35N3O8/c1-34(2)24(37)12-11-19-7-9-20(10-8-19)18-35-27-29(38)40-23-17-32(27,30(39)33-13-14-36)28(43-35)26-25(23)41-31(42-26)15-21-5-3-4-6-22(21)16-31/h3-12,23,25-28,36H,13-18H2,1-2H3,(H,33,39). The highest BCUT2D eigenvalue weighted by Crippen LogP contribution is 2.58. The van der Waals surface area contributed by atoms with Crippen LogP contribution in [0.3, 0.4) is 0 Å². The molecule has 11 heteroatoms. The molecule has 7 rings (SSSR count). The van der Waals surface area contributed by atoms with E-state index in [9.17, 15) is 19.5 Å². The average Bonchev–Trinajstić information content (AvgIpc) is 3.66. The molecule has 2 aliphatic carbocycles. The molecule has 1 spiro atoms. The van der Waals surface area contributed by atoms with E-state index < -0.39 is 47.6 Å². The molecule has 6 unspecified atom stereocenters. The van der Waals surface area contributed by atoms with Crippen LogP contribution in [0.5, 0.6) is 0 Å². The number of nitrogens with one attached hydrogen (secondary N) is 1. The van der Waals surface area contributed by atoms with Crippen LogP contribution in [0.4, 0.5) is 0 Å². The summed E-state index contributed by atoms with van der Waals surface area (Å²) in [7, 11) is 3.38. The number of benzene rings is 2. The fraction of sp³-hybridized carbons (Fsp3) is 0.469. The predicted octanol–water partition coefficient (Wildman–Crippen LogP) is 0.976. The number of hydrogen-bond donors (Lipinski definition) is 2. The maximum Gasteiger partial charge on any atom is 0.327 e. The quantitative estimate of drug-likeness (QED) is 0.359. The Balaban J connectivity index is 1.18. The monoisotopic (exact) mass is 589 g/mol. The van der Waals surface area contributed by atoms with Crippen LogP contribution >= 0.6 is 0 Å². The number of hydroxylamine groups is 2. The van der Waals surface area contributed by atoms with Crippen LogP contribution < -0.4 is 5.32 Å². The number of amides is 2. The first-order valence-electron chi connectivity index (χ1n) is 14.7. The third-order valence-electron chi connectivity index (χ3n) is 9.29. The van der Waals surface area contributed by atoms with Crippen molar-refractivity contribution in [3.8, 4) is 0 Å². The summed E-state index contributed by atoms with van der Waals surface area (Å²) in [6, 6.07) is 14.6. The van der Waals surface area contributed by atoms with Gasteiger partial charge in [-0.3, -0.25) is 19.2 Å². The van der Waals surface area contributed by atoms with E-state index in [4.69, 9.17) is 19.0 Å². The van der Waals surface area contributed by atoms with Crippen LogP contribution in [0, 0.1) is 5.41 Å². The lowest BCUT2D eigenvalue weighted by Crippen LogP contribution is -2.69. The van der Waals surface area contributed by atoms with Crippen molar-refractivity contribution in [3.63, 3.8) is 0 Å². The average molecular weight is 590 g/mol. The van der Waals surface area contributed by atoms with E-state index in [1.54, 1.807) is 25.2 Å². The number of fused-ring (bicyclic) bond motifs is 5. The normalized spacial score (nSPS) is 31.6. The molecule has 226 valence electrons. The van der Waals surface area contributed by atoms with Gasteiger partial charge < -0.3 is 29.5 Å².